The Labute approximate surface area is 231 Å². The summed E-state index contributed by atoms with van der Waals surface area (Å²) in [6.45, 7) is 8.33. The molecule has 0 amide bonds. The predicted molar refractivity (Wildman–Crippen MR) is 150 cm³/mol. The molecule has 4 rings (SSSR count). The van der Waals surface area contributed by atoms with Crippen LogP contribution in [0.3, 0.4) is 0 Å². The molecule has 0 bridgehead atoms. The fraction of sp³-hybridized carbons (Fsp3) is 0.438. The topological polar surface area (TPSA) is 83.1 Å². The van der Waals surface area contributed by atoms with Crippen LogP contribution in [0.2, 0.25) is 0 Å². The van der Waals surface area contributed by atoms with E-state index in [2.05, 4.69) is 5.32 Å². The van der Waals surface area contributed by atoms with Gasteiger partial charge in [-0.15, -0.1) is 0 Å². The molecule has 7 nitrogen and oxygen atoms in total. The maximum Gasteiger partial charge on any atom is 0.337 e. The number of hydrogen-bond donors (Lipinski definition) is 1. The van der Waals surface area contributed by atoms with E-state index in [1.54, 1.807) is 14.2 Å². The average Bonchev–Trinajstić information content (AvgIpc) is 2.94. The number of methoxy groups -OCH3 is 2. The van der Waals surface area contributed by atoms with Crippen LogP contribution < -0.4 is 19.5 Å². The molecule has 7 heteroatoms. The second kappa shape index (κ2) is 12.4. The third-order valence-corrected chi connectivity index (χ3v) is 7.50. The standard InChI is InChI=1S/C32H39NO6/c1-7-15-38-27-14-11-22(18-28(27)37-6)30-29(32(35)39-19(3)8-2)20(4)33-25-16-23(17-26(34)31(25)30)21-9-12-24(36-5)13-10-21/h9-14,18-19,23,30,33H,7-8,15-17H2,1-6H3/t19-,23-,30-/m0/s1. The lowest BCUT2D eigenvalue weighted by Gasteiger charge is -2.37. The first kappa shape index (κ1) is 28.3. The summed E-state index contributed by atoms with van der Waals surface area (Å²) in [6, 6.07) is 13.5. The normalized spacial score (nSPS) is 19.7. The van der Waals surface area contributed by atoms with Gasteiger partial charge >= 0.3 is 5.97 Å². The van der Waals surface area contributed by atoms with Crippen molar-refractivity contribution in [1.29, 1.82) is 0 Å². The fourth-order valence-corrected chi connectivity index (χ4v) is 5.28. The van der Waals surface area contributed by atoms with Gasteiger partial charge in [0.05, 0.1) is 32.5 Å². The summed E-state index contributed by atoms with van der Waals surface area (Å²) in [4.78, 5) is 27.4. The van der Waals surface area contributed by atoms with E-state index < -0.39 is 11.9 Å². The molecule has 0 aromatic heterocycles. The largest absolute Gasteiger partial charge is 0.497 e. The van der Waals surface area contributed by atoms with E-state index >= 15 is 0 Å². The van der Waals surface area contributed by atoms with E-state index in [0.29, 0.717) is 54.2 Å². The minimum Gasteiger partial charge on any atom is -0.497 e. The number of dihydropyridines is 1. The molecule has 0 spiro atoms. The molecule has 1 N–H and O–H groups in total. The lowest BCUT2D eigenvalue weighted by Crippen LogP contribution is -2.36. The number of hydrogen-bond acceptors (Lipinski definition) is 7. The zero-order valence-electron chi connectivity index (χ0n) is 23.8. The zero-order chi connectivity index (χ0) is 28.1. The van der Waals surface area contributed by atoms with Crippen LogP contribution >= 0.6 is 0 Å². The summed E-state index contributed by atoms with van der Waals surface area (Å²) in [7, 11) is 3.23. The molecule has 2 aliphatic rings. The van der Waals surface area contributed by atoms with Crippen molar-refractivity contribution in [3.63, 3.8) is 0 Å². The molecule has 0 radical (unpaired) electrons. The smallest absolute Gasteiger partial charge is 0.337 e. The zero-order valence-corrected chi connectivity index (χ0v) is 23.8. The quantitative estimate of drug-likeness (QED) is 0.364. The average molecular weight is 534 g/mol. The number of Topliss-reactive ketones (excluding diaryl/α,β-unsaturated/α-hetero) is 1. The summed E-state index contributed by atoms with van der Waals surface area (Å²) >= 11 is 0. The van der Waals surface area contributed by atoms with E-state index in [9.17, 15) is 9.59 Å². The third-order valence-electron chi connectivity index (χ3n) is 7.50. The predicted octanol–water partition coefficient (Wildman–Crippen LogP) is 6.20. The first-order valence-corrected chi connectivity index (χ1v) is 13.7. The fourth-order valence-electron chi connectivity index (χ4n) is 5.28. The van der Waals surface area contributed by atoms with Gasteiger partial charge in [-0.25, -0.2) is 4.79 Å². The van der Waals surface area contributed by atoms with Crippen molar-refractivity contribution in [2.45, 2.75) is 71.3 Å². The monoisotopic (exact) mass is 533 g/mol. The molecule has 208 valence electrons. The molecule has 0 fully saturated rings. The van der Waals surface area contributed by atoms with Crippen molar-refractivity contribution in [1.82, 2.24) is 5.32 Å². The maximum absolute atomic E-state index is 13.9. The molecule has 3 atom stereocenters. The Bertz CT molecular complexity index is 1280. The highest BCUT2D eigenvalue weighted by Crippen LogP contribution is 2.47. The third kappa shape index (κ3) is 5.97. The van der Waals surface area contributed by atoms with Gasteiger partial charge in [0.1, 0.15) is 5.75 Å². The van der Waals surface area contributed by atoms with Gasteiger partial charge < -0.3 is 24.3 Å². The molecule has 2 aromatic carbocycles. The van der Waals surface area contributed by atoms with Gasteiger partial charge in [0, 0.05) is 29.3 Å². The maximum atomic E-state index is 13.9. The van der Waals surface area contributed by atoms with E-state index in [4.69, 9.17) is 18.9 Å². The second-order valence-corrected chi connectivity index (χ2v) is 10.2. The summed E-state index contributed by atoms with van der Waals surface area (Å²) in [5.74, 6) is 1.02. The van der Waals surface area contributed by atoms with E-state index in [0.717, 1.165) is 29.0 Å². The molecule has 2 aromatic rings. The number of rotatable bonds is 10. The first-order valence-electron chi connectivity index (χ1n) is 13.7. The molecule has 0 saturated heterocycles. The number of allylic oxidation sites excluding steroid dienone is 3. The number of ketones is 1. The number of ether oxygens (including phenoxy) is 4. The van der Waals surface area contributed by atoms with E-state index in [1.807, 2.05) is 70.2 Å². The van der Waals surface area contributed by atoms with Gasteiger partial charge in [-0.2, -0.15) is 0 Å². The van der Waals surface area contributed by atoms with Gasteiger partial charge in [0.2, 0.25) is 0 Å². The lowest BCUT2D eigenvalue weighted by atomic mass is 9.71. The minimum atomic E-state index is -0.573. The molecular formula is C32H39NO6. The highest BCUT2D eigenvalue weighted by Gasteiger charge is 2.42. The highest BCUT2D eigenvalue weighted by molar-refractivity contribution is 6.04. The number of carbonyl (C=O) groups is 2. The lowest BCUT2D eigenvalue weighted by molar-refractivity contribution is -0.144. The number of carbonyl (C=O) groups excluding carboxylic acids is 2. The summed E-state index contributed by atoms with van der Waals surface area (Å²) in [5, 5.41) is 3.42. The van der Waals surface area contributed by atoms with Crippen LogP contribution in [0.4, 0.5) is 0 Å². The molecule has 1 aliphatic heterocycles. The van der Waals surface area contributed by atoms with Gasteiger partial charge in [0.15, 0.2) is 17.3 Å². The number of nitrogens with one attached hydrogen (secondary N) is 1. The second-order valence-electron chi connectivity index (χ2n) is 10.2. The van der Waals surface area contributed by atoms with Crippen LogP contribution in [0.5, 0.6) is 17.2 Å². The molecule has 0 saturated carbocycles. The number of benzene rings is 2. The Hall–Kier alpha value is -3.74. The first-order chi connectivity index (χ1) is 18.8. The summed E-state index contributed by atoms with van der Waals surface area (Å²) < 4.78 is 22.6. The van der Waals surface area contributed by atoms with Gasteiger partial charge in [-0.1, -0.05) is 32.0 Å². The molecule has 1 heterocycles. The van der Waals surface area contributed by atoms with Crippen molar-refractivity contribution in [3.8, 4) is 17.2 Å². The summed E-state index contributed by atoms with van der Waals surface area (Å²) in [5.41, 5.74) is 4.48. The Morgan fingerprint density at radius 1 is 1.00 bits per heavy atom. The van der Waals surface area contributed by atoms with Crippen LogP contribution in [0.15, 0.2) is 65.0 Å². The van der Waals surface area contributed by atoms with E-state index in [1.165, 1.54) is 0 Å². The highest BCUT2D eigenvalue weighted by atomic mass is 16.5. The minimum absolute atomic E-state index is 0.0150. The molecule has 0 unspecified atom stereocenters. The SMILES string of the molecule is CCCOc1ccc([C@H]2C(C(=O)O[C@@H](C)CC)=C(C)NC3=C2C(=O)C[C@@H](c2ccc(OC)cc2)C3)cc1OC. The van der Waals surface area contributed by atoms with Crippen LogP contribution in [-0.2, 0) is 14.3 Å². The van der Waals surface area contributed by atoms with Crippen LogP contribution in [0, 0.1) is 0 Å². The Kier molecular flexibility index (Phi) is 9.00. The number of esters is 1. The Morgan fingerprint density at radius 2 is 1.72 bits per heavy atom. The Morgan fingerprint density at radius 3 is 2.36 bits per heavy atom. The van der Waals surface area contributed by atoms with Crippen LogP contribution in [0.1, 0.15) is 76.3 Å². The van der Waals surface area contributed by atoms with Gasteiger partial charge in [0.25, 0.3) is 0 Å². The van der Waals surface area contributed by atoms with Crippen molar-refractivity contribution >= 4 is 11.8 Å². The molecule has 1 aliphatic carbocycles. The van der Waals surface area contributed by atoms with E-state index in [-0.39, 0.29) is 17.8 Å². The van der Waals surface area contributed by atoms with Gasteiger partial charge in [-0.3, -0.25) is 4.79 Å². The summed E-state index contributed by atoms with van der Waals surface area (Å²) in [6.07, 6.45) is 2.33. The van der Waals surface area contributed by atoms with Crippen LogP contribution in [0.25, 0.3) is 0 Å². The van der Waals surface area contributed by atoms with Crippen LogP contribution in [-0.4, -0.2) is 38.7 Å². The van der Waals surface area contributed by atoms with Crippen molar-refractivity contribution in [2.24, 2.45) is 0 Å². The molecular weight excluding hydrogens is 494 g/mol. The van der Waals surface area contributed by atoms with Gasteiger partial charge in [-0.05, 0) is 74.4 Å². The van der Waals surface area contributed by atoms with Crippen molar-refractivity contribution < 1.29 is 28.5 Å². The van der Waals surface area contributed by atoms with Crippen molar-refractivity contribution in [2.75, 3.05) is 20.8 Å². The molecule has 39 heavy (non-hydrogen) atoms. The Balaban J connectivity index is 1.78. The van der Waals surface area contributed by atoms with Crippen molar-refractivity contribution in [3.05, 3.63) is 76.1 Å².